The highest BCUT2D eigenvalue weighted by atomic mass is 19.1. The molecule has 222 valence electrons. The highest BCUT2D eigenvalue weighted by Gasteiger charge is 2.47. The molecular weight excluding hydrogens is 521 g/mol. The van der Waals surface area contributed by atoms with Crippen molar-refractivity contribution < 1.29 is 23.5 Å². The molecule has 0 aliphatic carbocycles. The van der Waals surface area contributed by atoms with Gasteiger partial charge in [0.15, 0.2) is 5.60 Å². The number of nitrogens with one attached hydrogen (secondary N) is 1. The number of benzene rings is 2. The molecule has 5 rings (SSSR count). The zero-order valence-electron chi connectivity index (χ0n) is 24.3. The third kappa shape index (κ3) is 7.46. The van der Waals surface area contributed by atoms with Crippen LogP contribution in [0.25, 0.3) is 0 Å². The van der Waals surface area contributed by atoms with Gasteiger partial charge in [0.2, 0.25) is 5.91 Å². The first-order valence-electron chi connectivity index (χ1n) is 15.2. The predicted octanol–water partition coefficient (Wildman–Crippen LogP) is 4.38. The van der Waals surface area contributed by atoms with Gasteiger partial charge in [-0.25, -0.2) is 4.39 Å². The van der Waals surface area contributed by atoms with Crippen molar-refractivity contribution in [1.29, 1.82) is 0 Å². The third-order valence-electron chi connectivity index (χ3n) is 9.12. The van der Waals surface area contributed by atoms with E-state index in [9.17, 15) is 14.0 Å². The molecule has 41 heavy (non-hydrogen) atoms. The first kappa shape index (κ1) is 29.5. The van der Waals surface area contributed by atoms with Gasteiger partial charge in [-0.1, -0.05) is 36.8 Å². The van der Waals surface area contributed by atoms with E-state index in [0.29, 0.717) is 58.7 Å². The molecule has 0 saturated carbocycles. The molecule has 0 bridgehead atoms. The quantitative estimate of drug-likeness (QED) is 0.598. The number of hydrogen-bond acceptors (Lipinski definition) is 5. The van der Waals surface area contributed by atoms with Crippen molar-refractivity contribution in [2.75, 3.05) is 53.0 Å². The van der Waals surface area contributed by atoms with E-state index in [1.54, 1.807) is 12.1 Å². The molecule has 2 aromatic rings. The lowest BCUT2D eigenvalue weighted by Gasteiger charge is -2.47. The molecule has 1 spiro atoms. The number of nitrogens with zero attached hydrogens (tertiary/aromatic N) is 2. The maximum atomic E-state index is 14.1. The van der Waals surface area contributed by atoms with E-state index >= 15 is 0 Å². The number of piperidine rings is 1. The Morgan fingerprint density at radius 2 is 1.73 bits per heavy atom. The Bertz CT molecular complexity index is 1180. The molecule has 1 N–H and O–H groups in total. The van der Waals surface area contributed by atoms with Crippen LogP contribution in [0.1, 0.15) is 56.1 Å². The summed E-state index contributed by atoms with van der Waals surface area (Å²) in [7, 11) is 2.02. The fourth-order valence-corrected chi connectivity index (χ4v) is 6.64. The number of ether oxygens (including phenoxy) is 2. The van der Waals surface area contributed by atoms with E-state index in [2.05, 4.69) is 22.3 Å². The zero-order chi connectivity index (χ0) is 28.7. The molecule has 7 nitrogen and oxygen atoms in total. The smallest absolute Gasteiger partial charge is 0.256 e. The van der Waals surface area contributed by atoms with Gasteiger partial charge in [0.05, 0.1) is 13.2 Å². The average Bonchev–Trinajstić information content (AvgIpc) is 2.98. The van der Waals surface area contributed by atoms with Crippen LogP contribution in [0.2, 0.25) is 0 Å². The Morgan fingerprint density at radius 3 is 2.51 bits per heavy atom. The first-order chi connectivity index (χ1) is 19.9. The molecule has 3 aliphatic heterocycles. The van der Waals surface area contributed by atoms with Crippen molar-refractivity contribution in [2.24, 2.45) is 5.41 Å². The number of halogens is 1. The molecule has 2 saturated heterocycles. The summed E-state index contributed by atoms with van der Waals surface area (Å²) in [6.45, 7) is 4.23. The van der Waals surface area contributed by atoms with Crippen LogP contribution in [-0.2, 0) is 27.2 Å². The number of para-hydroxylation sites is 1. The third-order valence-corrected chi connectivity index (χ3v) is 9.12. The van der Waals surface area contributed by atoms with Crippen molar-refractivity contribution in [3.05, 3.63) is 65.5 Å². The highest BCUT2D eigenvalue weighted by Crippen LogP contribution is 2.38. The number of likely N-dealkylation sites (N-methyl/N-ethyl adjacent to an activating group) is 1. The molecule has 1 atom stereocenters. The summed E-state index contributed by atoms with van der Waals surface area (Å²) in [6, 6.07) is 14.6. The van der Waals surface area contributed by atoms with Gasteiger partial charge in [0.25, 0.3) is 5.91 Å². The van der Waals surface area contributed by atoms with Crippen molar-refractivity contribution in [1.82, 2.24) is 15.1 Å². The number of carbonyl (C=O) groups is 2. The maximum Gasteiger partial charge on any atom is 0.256 e. The number of aryl methyl sites for hydroxylation is 1. The van der Waals surface area contributed by atoms with E-state index in [0.717, 1.165) is 56.4 Å². The lowest BCUT2D eigenvalue weighted by Crippen LogP contribution is -2.62. The summed E-state index contributed by atoms with van der Waals surface area (Å²) < 4.78 is 25.8. The molecule has 1 unspecified atom stereocenters. The number of rotatable bonds is 3. The zero-order valence-corrected chi connectivity index (χ0v) is 24.3. The SMILES string of the molecule is CN1CCOC(Cc2ccc(F)cc2)(C(=O)N2CCC3(CCCCc4ccccc4OCCCC(=O)NC3)CC2)C1. The van der Waals surface area contributed by atoms with Crippen molar-refractivity contribution in [2.45, 2.75) is 63.4 Å². The minimum Gasteiger partial charge on any atom is -0.493 e. The van der Waals surface area contributed by atoms with E-state index in [4.69, 9.17) is 9.47 Å². The number of likely N-dealkylation sites (tertiary alicyclic amines) is 1. The number of carbonyl (C=O) groups excluding carboxylic acids is 2. The lowest BCUT2D eigenvalue weighted by atomic mass is 9.73. The molecule has 3 aliphatic rings. The second-order valence-corrected chi connectivity index (χ2v) is 12.2. The standard InChI is InChI=1S/C33H44FN3O4/c1-36-20-22-41-33(25-36,23-26-11-13-28(34)14-12-26)31(39)37-18-16-32(17-19-37)15-5-4-8-27-7-2-3-9-29(27)40-21-6-10-30(38)35-24-32/h2-3,7,9,11-14H,4-6,8,10,15-25H2,1H3,(H,35,38). The number of hydrogen-bond donors (Lipinski definition) is 1. The van der Waals surface area contributed by atoms with Gasteiger partial charge in [-0.15, -0.1) is 0 Å². The number of amides is 2. The topological polar surface area (TPSA) is 71.1 Å². The monoisotopic (exact) mass is 565 g/mol. The van der Waals surface area contributed by atoms with Crippen LogP contribution < -0.4 is 10.1 Å². The van der Waals surface area contributed by atoms with Gasteiger partial charge in [0, 0.05) is 45.6 Å². The van der Waals surface area contributed by atoms with Crippen molar-refractivity contribution in [3.8, 4) is 5.75 Å². The summed E-state index contributed by atoms with van der Waals surface area (Å²) >= 11 is 0. The van der Waals surface area contributed by atoms with Crippen molar-refractivity contribution >= 4 is 11.8 Å². The van der Waals surface area contributed by atoms with Crippen molar-refractivity contribution in [3.63, 3.8) is 0 Å². The van der Waals surface area contributed by atoms with Crippen LogP contribution in [0.5, 0.6) is 5.75 Å². The number of fused-ring (bicyclic) bond motifs is 1. The molecule has 8 heteroatoms. The Kier molecular flexibility index (Phi) is 9.60. The molecule has 2 amide bonds. The Hall–Kier alpha value is -2.97. The fourth-order valence-electron chi connectivity index (χ4n) is 6.64. The van der Waals surface area contributed by atoms with Gasteiger partial charge in [-0.2, -0.15) is 0 Å². The Morgan fingerprint density at radius 1 is 0.951 bits per heavy atom. The summed E-state index contributed by atoms with van der Waals surface area (Å²) in [5, 5.41) is 3.21. The summed E-state index contributed by atoms with van der Waals surface area (Å²) in [4.78, 5) is 30.9. The van der Waals surface area contributed by atoms with Crippen LogP contribution in [0.15, 0.2) is 48.5 Å². The summed E-state index contributed by atoms with van der Waals surface area (Å²) in [5.41, 5.74) is 1.11. The predicted molar refractivity (Wildman–Crippen MR) is 156 cm³/mol. The van der Waals surface area contributed by atoms with Gasteiger partial charge >= 0.3 is 0 Å². The normalized spacial score (nSPS) is 24.5. The first-order valence-corrected chi connectivity index (χ1v) is 15.2. The highest BCUT2D eigenvalue weighted by molar-refractivity contribution is 5.86. The summed E-state index contributed by atoms with van der Waals surface area (Å²) in [6.07, 6.45) is 7.33. The minimum absolute atomic E-state index is 0.0183. The summed E-state index contributed by atoms with van der Waals surface area (Å²) in [5.74, 6) is 0.722. The molecule has 2 fully saturated rings. The van der Waals surface area contributed by atoms with Crippen LogP contribution >= 0.6 is 0 Å². The average molecular weight is 566 g/mol. The molecular formula is C33H44FN3O4. The van der Waals surface area contributed by atoms with Crippen LogP contribution in [-0.4, -0.2) is 80.2 Å². The van der Waals surface area contributed by atoms with E-state index < -0.39 is 5.60 Å². The molecule has 0 radical (unpaired) electrons. The molecule has 0 aromatic heterocycles. The van der Waals surface area contributed by atoms with Gasteiger partial charge in [-0.05, 0) is 80.3 Å². The van der Waals surface area contributed by atoms with Crippen LogP contribution in [0, 0.1) is 11.2 Å². The van der Waals surface area contributed by atoms with Crippen LogP contribution in [0.4, 0.5) is 4.39 Å². The molecule has 2 aromatic carbocycles. The van der Waals surface area contributed by atoms with Gasteiger partial charge in [-0.3, -0.25) is 9.59 Å². The van der Waals surface area contributed by atoms with Gasteiger partial charge in [0.1, 0.15) is 11.6 Å². The van der Waals surface area contributed by atoms with E-state index in [1.165, 1.54) is 17.7 Å². The number of morpholine rings is 1. The van der Waals surface area contributed by atoms with Crippen LogP contribution in [0.3, 0.4) is 0 Å². The largest absolute Gasteiger partial charge is 0.493 e. The molecule has 3 heterocycles. The van der Waals surface area contributed by atoms with E-state index in [1.807, 2.05) is 24.1 Å². The van der Waals surface area contributed by atoms with Gasteiger partial charge < -0.3 is 24.6 Å². The Balaban J connectivity index is 1.27. The second-order valence-electron chi connectivity index (χ2n) is 12.2. The second kappa shape index (κ2) is 13.3. The van der Waals surface area contributed by atoms with E-state index in [-0.39, 0.29) is 23.0 Å². The lowest BCUT2D eigenvalue weighted by molar-refractivity contribution is -0.172. The fraction of sp³-hybridized carbons (Fsp3) is 0.576. The minimum atomic E-state index is -0.984. The Labute approximate surface area is 243 Å². The maximum absolute atomic E-state index is 14.1.